The molecule has 94 valence electrons. The third kappa shape index (κ3) is 4.24. The molecule has 0 amide bonds. The molecule has 1 atom stereocenters. The number of esters is 1. The van der Waals surface area contributed by atoms with Gasteiger partial charge in [-0.25, -0.2) is 0 Å². The molecular formula is C12H16ClNO3. The van der Waals surface area contributed by atoms with Crippen molar-refractivity contribution in [2.45, 2.75) is 19.4 Å². The van der Waals surface area contributed by atoms with Crippen LogP contribution in [0.1, 0.15) is 24.9 Å². The van der Waals surface area contributed by atoms with E-state index < -0.39 is 0 Å². The summed E-state index contributed by atoms with van der Waals surface area (Å²) in [5.41, 5.74) is 6.67. The number of hydrogen-bond donors (Lipinski definition) is 1. The minimum atomic E-state index is -0.312. The van der Waals surface area contributed by atoms with Crippen molar-refractivity contribution >= 4 is 17.6 Å². The highest BCUT2D eigenvalue weighted by atomic mass is 35.5. The van der Waals surface area contributed by atoms with Crippen LogP contribution < -0.4 is 10.5 Å². The first-order valence-electron chi connectivity index (χ1n) is 5.29. The molecule has 1 rings (SSSR count). The van der Waals surface area contributed by atoms with E-state index in [4.69, 9.17) is 22.1 Å². The Morgan fingerprint density at radius 2 is 2.24 bits per heavy atom. The highest BCUT2D eigenvalue weighted by molar-refractivity contribution is 6.32. The zero-order valence-corrected chi connectivity index (χ0v) is 10.7. The van der Waals surface area contributed by atoms with E-state index in [1.165, 1.54) is 7.11 Å². The smallest absolute Gasteiger partial charge is 0.308 e. The Bertz CT molecular complexity index is 393. The van der Waals surface area contributed by atoms with Gasteiger partial charge in [0.1, 0.15) is 5.75 Å². The number of methoxy groups -OCH3 is 1. The maximum absolute atomic E-state index is 10.9. The van der Waals surface area contributed by atoms with Crippen LogP contribution in [0.15, 0.2) is 18.2 Å². The van der Waals surface area contributed by atoms with Crippen molar-refractivity contribution in [2.24, 2.45) is 5.73 Å². The second-order valence-electron chi connectivity index (χ2n) is 3.65. The van der Waals surface area contributed by atoms with Gasteiger partial charge in [0.05, 0.1) is 25.2 Å². The van der Waals surface area contributed by atoms with Crippen LogP contribution in [0.25, 0.3) is 0 Å². The molecule has 0 saturated carbocycles. The van der Waals surface area contributed by atoms with Gasteiger partial charge in [-0.1, -0.05) is 17.7 Å². The number of halogens is 1. The molecule has 0 spiro atoms. The van der Waals surface area contributed by atoms with Crippen LogP contribution in [-0.2, 0) is 9.53 Å². The summed E-state index contributed by atoms with van der Waals surface area (Å²) < 4.78 is 9.87. The summed E-state index contributed by atoms with van der Waals surface area (Å²) in [5, 5.41) is 0.490. The third-order valence-corrected chi connectivity index (χ3v) is 2.57. The molecule has 0 unspecified atom stereocenters. The standard InChI is InChI=1S/C12H16ClNO3/c1-8(14)9-3-4-11(10(13)7-9)17-6-5-12(15)16-2/h3-4,7-8H,5-6,14H2,1-2H3/t8-/m1/s1. The molecule has 0 saturated heterocycles. The number of carbonyl (C=O) groups excluding carboxylic acids is 1. The zero-order chi connectivity index (χ0) is 12.8. The summed E-state index contributed by atoms with van der Waals surface area (Å²) in [4.78, 5) is 10.9. The van der Waals surface area contributed by atoms with E-state index in [1.54, 1.807) is 12.1 Å². The summed E-state index contributed by atoms with van der Waals surface area (Å²) in [6.45, 7) is 2.12. The van der Waals surface area contributed by atoms with Crippen LogP contribution in [0.3, 0.4) is 0 Å². The second-order valence-corrected chi connectivity index (χ2v) is 4.06. The average Bonchev–Trinajstić information content (AvgIpc) is 2.30. The number of hydrogen-bond acceptors (Lipinski definition) is 4. The molecule has 0 radical (unpaired) electrons. The van der Waals surface area contributed by atoms with E-state index in [0.29, 0.717) is 10.8 Å². The van der Waals surface area contributed by atoms with Crippen LogP contribution in [0, 0.1) is 0 Å². The number of nitrogens with two attached hydrogens (primary N) is 1. The SMILES string of the molecule is COC(=O)CCOc1ccc([C@@H](C)N)cc1Cl. The lowest BCUT2D eigenvalue weighted by Gasteiger charge is -2.10. The Morgan fingerprint density at radius 3 is 2.76 bits per heavy atom. The van der Waals surface area contributed by atoms with Gasteiger partial charge in [0, 0.05) is 6.04 Å². The molecule has 0 fully saturated rings. The first-order chi connectivity index (χ1) is 8.04. The van der Waals surface area contributed by atoms with Crippen molar-refractivity contribution in [1.29, 1.82) is 0 Å². The van der Waals surface area contributed by atoms with Crippen molar-refractivity contribution in [1.82, 2.24) is 0 Å². The fourth-order valence-electron chi connectivity index (χ4n) is 1.26. The van der Waals surface area contributed by atoms with Gasteiger partial charge >= 0.3 is 5.97 Å². The first kappa shape index (κ1) is 13.8. The molecule has 1 aromatic carbocycles. The fourth-order valence-corrected chi connectivity index (χ4v) is 1.51. The highest BCUT2D eigenvalue weighted by Crippen LogP contribution is 2.27. The fraction of sp³-hybridized carbons (Fsp3) is 0.417. The van der Waals surface area contributed by atoms with Gasteiger partial charge in [-0.2, -0.15) is 0 Å². The normalized spacial score (nSPS) is 12.0. The van der Waals surface area contributed by atoms with Gasteiger partial charge in [0.15, 0.2) is 0 Å². The molecule has 0 bridgehead atoms. The van der Waals surface area contributed by atoms with Crippen molar-refractivity contribution in [3.63, 3.8) is 0 Å². The minimum Gasteiger partial charge on any atom is -0.491 e. The van der Waals surface area contributed by atoms with Gasteiger partial charge < -0.3 is 15.2 Å². The van der Waals surface area contributed by atoms with Crippen molar-refractivity contribution in [3.05, 3.63) is 28.8 Å². The van der Waals surface area contributed by atoms with Gasteiger partial charge in [-0.3, -0.25) is 4.79 Å². The Labute approximate surface area is 106 Å². The number of ether oxygens (including phenoxy) is 2. The van der Waals surface area contributed by atoms with E-state index >= 15 is 0 Å². The predicted molar refractivity (Wildman–Crippen MR) is 66.2 cm³/mol. The highest BCUT2D eigenvalue weighted by Gasteiger charge is 2.07. The summed E-state index contributed by atoms with van der Waals surface area (Å²) in [5.74, 6) is 0.230. The molecule has 0 aliphatic heterocycles. The summed E-state index contributed by atoms with van der Waals surface area (Å²) in [6.07, 6.45) is 0.196. The number of rotatable bonds is 5. The lowest BCUT2D eigenvalue weighted by Crippen LogP contribution is -2.08. The van der Waals surface area contributed by atoms with E-state index in [-0.39, 0.29) is 25.0 Å². The lowest BCUT2D eigenvalue weighted by atomic mass is 10.1. The van der Waals surface area contributed by atoms with Gasteiger partial charge in [0.25, 0.3) is 0 Å². The summed E-state index contributed by atoms with van der Waals surface area (Å²) in [6, 6.07) is 5.29. The molecule has 0 heterocycles. The van der Waals surface area contributed by atoms with E-state index in [0.717, 1.165) is 5.56 Å². The number of benzene rings is 1. The molecule has 0 aromatic heterocycles. The Kier molecular flexibility index (Phi) is 5.25. The van der Waals surface area contributed by atoms with Crippen LogP contribution >= 0.6 is 11.6 Å². The maximum atomic E-state index is 10.9. The van der Waals surface area contributed by atoms with E-state index in [1.807, 2.05) is 13.0 Å². The van der Waals surface area contributed by atoms with Crippen LogP contribution in [0.5, 0.6) is 5.75 Å². The zero-order valence-electron chi connectivity index (χ0n) is 9.90. The molecule has 2 N–H and O–H groups in total. The topological polar surface area (TPSA) is 61.5 Å². The molecule has 17 heavy (non-hydrogen) atoms. The molecule has 5 heteroatoms. The average molecular weight is 258 g/mol. The second kappa shape index (κ2) is 6.47. The summed E-state index contributed by atoms with van der Waals surface area (Å²) >= 11 is 6.03. The van der Waals surface area contributed by atoms with Gasteiger partial charge in [0.2, 0.25) is 0 Å². The predicted octanol–water partition coefficient (Wildman–Crippen LogP) is 2.30. The third-order valence-electron chi connectivity index (χ3n) is 2.27. The quantitative estimate of drug-likeness (QED) is 0.823. The van der Waals surface area contributed by atoms with Crippen molar-refractivity contribution in [3.8, 4) is 5.75 Å². The summed E-state index contributed by atoms with van der Waals surface area (Å²) in [7, 11) is 1.34. The van der Waals surface area contributed by atoms with Crippen LogP contribution in [-0.4, -0.2) is 19.7 Å². The molecule has 0 aliphatic rings. The van der Waals surface area contributed by atoms with Crippen LogP contribution in [0.2, 0.25) is 5.02 Å². The van der Waals surface area contributed by atoms with E-state index in [9.17, 15) is 4.79 Å². The lowest BCUT2D eigenvalue weighted by molar-refractivity contribution is -0.141. The molecule has 1 aromatic rings. The maximum Gasteiger partial charge on any atom is 0.308 e. The monoisotopic (exact) mass is 257 g/mol. The number of carbonyl (C=O) groups is 1. The van der Waals surface area contributed by atoms with E-state index in [2.05, 4.69) is 4.74 Å². The first-order valence-corrected chi connectivity index (χ1v) is 5.67. The Balaban J connectivity index is 2.57. The van der Waals surface area contributed by atoms with Gasteiger partial charge in [-0.05, 0) is 24.6 Å². The molecular weight excluding hydrogens is 242 g/mol. The van der Waals surface area contributed by atoms with Crippen LogP contribution in [0.4, 0.5) is 0 Å². The van der Waals surface area contributed by atoms with Gasteiger partial charge in [-0.15, -0.1) is 0 Å². The molecule has 0 aliphatic carbocycles. The Hall–Kier alpha value is -1.26. The minimum absolute atomic E-state index is 0.0726. The van der Waals surface area contributed by atoms with Crippen molar-refractivity contribution < 1.29 is 14.3 Å². The molecule has 4 nitrogen and oxygen atoms in total. The van der Waals surface area contributed by atoms with Crippen molar-refractivity contribution in [2.75, 3.05) is 13.7 Å². The largest absolute Gasteiger partial charge is 0.491 e. The Morgan fingerprint density at radius 1 is 1.53 bits per heavy atom.